The minimum atomic E-state index is -0.456. The van der Waals surface area contributed by atoms with E-state index in [1.54, 1.807) is 0 Å². The number of carbonyl (C=O) groups is 1. The summed E-state index contributed by atoms with van der Waals surface area (Å²) in [5, 5.41) is 2.64. The molecule has 0 unspecified atom stereocenters. The highest BCUT2D eigenvalue weighted by atomic mass is 19.1. The minimum absolute atomic E-state index is 0.127. The smallest absolute Gasteiger partial charge is 0.267 e. The lowest BCUT2D eigenvalue weighted by Gasteiger charge is -2.22. The highest BCUT2D eigenvalue weighted by molar-refractivity contribution is 5.92. The number of halogens is 1. The van der Waals surface area contributed by atoms with E-state index >= 15 is 0 Å². The Morgan fingerprint density at radius 2 is 2.50 bits per heavy atom. The number of aromatic amines is 1. The van der Waals surface area contributed by atoms with Gasteiger partial charge in [0, 0.05) is 18.8 Å². The monoisotopic (exact) mass is 228 g/mol. The van der Waals surface area contributed by atoms with Gasteiger partial charge in [0.25, 0.3) is 5.91 Å². The van der Waals surface area contributed by atoms with Crippen LogP contribution in [0, 0.1) is 5.82 Å². The largest absolute Gasteiger partial charge is 0.376 e. The van der Waals surface area contributed by atoms with Gasteiger partial charge in [0.2, 0.25) is 0 Å². The third-order valence-corrected chi connectivity index (χ3v) is 2.27. The molecular formula is C10H13FN2O3. The maximum absolute atomic E-state index is 12.6. The van der Waals surface area contributed by atoms with Gasteiger partial charge < -0.3 is 19.8 Å². The molecule has 6 heteroatoms. The molecule has 1 aliphatic heterocycles. The Labute approximate surface area is 91.9 Å². The highest BCUT2D eigenvalue weighted by Gasteiger charge is 2.16. The molecule has 1 aliphatic rings. The molecule has 1 fully saturated rings. The number of hydrogen-bond acceptors (Lipinski definition) is 3. The molecule has 0 spiro atoms. The number of ether oxygens (including phenoxy) is 2. The van der Waals surface area contributed by atoms with Crippen molar-refractivity contribution < 1.29 is 18.7 Å². The first-order valence-corrected chi connectivity index (χ1v) is 5.07. The lowest BCUT2D eigenvalue weighted by molar-refractivity contribution is -0.0855. The fraction of sp³-hybridized carbons (Fsp3) is 0.500. The van der Waals surface area contributed by atoms with Crippen LogP contribution < -0.4 is 5.32 Å². The van der Waals surface area contributed by atoms with Crippen LogP contribution in [0.1, 0.15) is 10.5 Å². The van der Waals surface area contributed by atoms with Crippen molar-refractivity contribution in [2.75, 3.05) is 26.4 Å². The van der Waals surface area contributed by atoms with Gasteiger partial charge in [0.1, 0.15) is 11.5 Å². The second-order valence-electron chi connectivity index (χ2n) is 3.51. The summed E-state index contributed by atoms with van der Waals surface area (Å²) < 4.78 is 23.2. The van der Waals surface area contributed by atoms with Gasteiger partial charge >= 0.3 is 0 Å². The summed E-state index contributed by atoms with van der Waals surface area (Å²) in [6, 6.07) is 1.15. The maximum atomic E-state index is 12.6. The van der Waals surface area contributed by atoms with Crippen molar-refractivity contribution in [3.05, 3.63) is 23.8 Å². The Balaban J connectivity index is 1.79. The zero-order chi connectivity index (χ0) is 11.4. The van der Waals surface area contributed by atoms with Gasteiger partial charge in [-0.3, -0.25) is 4.79 Å². The van der Waals surface area contributed by atoms with E-state index in [0.717, 1.165) is 12.3 Å². The number of hydrogen-bond donors (Lipinski definition) is 2. The fourth-order valence-corrected chi connectivity index (χ4v) is 1.46. The SMILES string of the molecule is O=C(NC[C@H]1COCCO1)c1cc(F)c[nH]1. The van der Waals surface area contributed by atoms with Gasteiger partial charge in [-0.1, -0.05) is 0 Å². The summed E-state index contributed by atoms with van der Waals surface area (Å²) in [4.78, 5) is 14.0. The summed E-state index contributed by atoms with van der Waals surface area (Å²) in [5.41, 5.74) is 0.203. The molecule has 0 saturated carbocycles. The first-order valence-electron chi connectivity index (χ1n) is 5.07. The van der Waals surface area contributed by atoms with Gasteiger partial charge in [-0.15, -0.1) is 0 Å². The van der Waals surface area contributed by atoms with Gasteiger partial charge in [-0.05, 0) is 0 Å². The molecule has 1 aromatic rings. The third-order valence-electron chi connectivity index (χ3n) is 2.27. The van der Waals surface area contributed by atoms with Crippen molar-refractivity contribution in [3.63, 3.8) is 0 Å². The molecule has 2 rings (SSSR count). The van der Waals surface area contributed by atoms with Gasteiger partial charge in [0.15, 0.2) is 0 Å². The molecule has 0 bridgehead atoms. The number of amides is 1. The summed E-state index contributed by atoms with van der Waals surface area (Å²) in [6.07, 6.45) is 1.01. The van der Waals surface area contributed by atoms with E-state index in [-0.39, 0.29) is 17.7 Å². The van der Waals surface area contributed by atoms with Crippen molar-refractivity contribution in [2.24, 2.45) is 0 Å². The van der Waals surface area contributed by atoms with E-state index in [2.05, 4.69) is 10.3 Å². The number of carbonyl (C=O) groups excluding carboxylic acids is 1. The average molecular weight is 228 g/mol. The molecule has 2 heterocycles. The topological polar surface area (TPSA) is 63.4 Å². The first-order chi connectivity index (χ1) is 7.75. The Hall–Kier alpha value is -1.40. The van der Waals surface area contributed by atoms with E-state index in [1.807, 2.05) is 0 Å². The number of rotatable bonds is 3. The minimum Gasteiger partial charge on any atom is -0.376 e. The lowest BCUT2D eigenvalue weighted by Crippen LogP contribution is -2.39. The van der Waals surface area contributed by atoms with Gasteiger partial charge in [-0.25, -0.2) is 4.39 Å². The predicted octanol–water partition coefficient (Wildman–Crippen LogP) is 0.299. The van der Waals surface area contributed by atoms with E-state index in [1.165, 1.54) is 0 Å². The molecule has 1 aromatic heterocycles. The van der Waals surface area contributed by atoms with Crippen molar-refractivity contribution in [2.45, 2.75) is 6.10 Å². The Morgan fingerprint density at radius 3 is 3.12 bits per heavy atom. The Bertz CT molecular complexity index is 361. The predicted molar refractivity (Wildman–Crippen MR) is 53.6 cm³/mol. The second-order valence-corrected chi connectivity index (χ2v) is 3.51. The number of aromatic nitrogens is 1. The van der Waals surface area contributed by atoms with Gasteiger partial charge in [0.05, 0.1) is 25.9 Å². The fourth-order valence-electron chi connectivity index (χ4n) is 1.46. The first kappa shape index (κ1) is 11.1. The molecule has 1 amide bonds. The molecule has 16 heavy (non-hydrogen) atoms. The summed E-state index contributed by atoms with van der Waals surface area (Å²) >= 11 is 0. The molecule has 88 valence electrons. The maximum Gasteiger partial charge on any atom is 0.267 e. The molecule has 1 saturated heterocycles. The average Bonchev–Trinajstić information content (AvgIpc) is 2.74. The van der Waals surface area contributed by atoms with Gasteiger partial charge in [-0.2, -0.15) is 0 Å². The normalized spacial score (nSPS) is 20.7. The van der Waals surface area contributed by atoms with Crippen LogP contribution in [0.15, 0.2) is 12.3 Å². The zero-order valence-corrected chi connectivity index (χ0v) is 8.66. The van der Waals surface area contributed by atoms with Crippen LogP contribution in [0.2, 0.25) is 0 Å². The summed E-state index contributed by atoms with van der Waals surface area (Å²) in [7, 11) is 0. The number of nitrogens with one attached hydrogen (secondary N) is 2. The van der Waals surface area contributed by atoms with E-state index in [9.17, 15) is 9.18 Å². The van der Waals surface area contributed by atoms with E-state index < -0.39 is 5.82 Å². The molecule has 0 aliphatic carbocycles. The highest BCUT2D eigenvalue weighted by Crippen LogP contribution is 2.02. The standard InChI is InChI=1S/C10H13FN2O3/c11-7-3-9(12-4-7)10(14)13-5-8-6-15-1-2-16-8/h3-4,8,12H,1-2,5-6H2,(H,13,14)/t8-/m0/s1. The molecular weight excluding hydrogens is 215 g/mol. The van der Waals surface area contributed by atoms with Crippen molar-refractivity contribution in [3.8, 4) is 0 Å². The second kappa shape index (κ2) is 5.09. The van der Waals surface area contributed by atoms with E-state index in [4.69, 9.17) is 9.47 Å². The van der Waals surface area contributed by atoms with Crippen molar-refractivity contribution in [1.82, 2.24) is 10.3 Å². The van der Waals surface area contributed by atoms with Crippen LogP contribution in [0.3, 0.4) is 0 Å². The van der Waals surface area contributed by atoms with Crippen LogP contribution >= 0.6 is 0 Å². The zero-order valence-electron chi connectivity index (χ0n) is 8.66. The third kappa shape index (κ3) is 2.80. The van der Waals surface area contributed by atoms with Crippen molar-refractivity contribution in [1.29, 1.82) is 0 Å². The summed E-state index contributed by atoms with van der Waals surface area (Å²) in [6.45, 7) is 1.96. The number of H-pyrrole nitrogens is 1. The molecule has 1 atom stereocenters. The van der Waals surface area contributed by atoms with Crippen molar-refractivity contribution >= 4 is 5.91 Å². The Kier molecular flexibility index (Phi) is 3.53. The van der Waals surface area contributed by atoms with Crippen LogP contribution in [0.5, 0.6) is 0 Å². The molecule has 2 N–H and O–H groups in total. The molecule has 5 nitrogen and oxygen atoms in total. The lowest BCUT2D eigenvalue weighted by atomic mass is 10.3. The quantitative estimate of drug-likeness (QED) is 0.782. The van der Waals surface area contributed by atoms with Crippen LogP contribution in [-0.4, -0.2) is 43.4 Å². The van der Waals surface area contributed by atoms with E-state index in [0.29, 0.717) is 26.4 Å². The van der Waals surface area contributed by atoms with Crippen LogP contribution in [-0.2, 0) is 9.47 Å². The van der Waals surface area contributed by atoms with Crippen LogP contribution in [0.4, 0.5) is 4.39 Å². The van der Waals surface area contributed by atoms with Crippen LogP contribution in [0.25, 0.3) is 0 Å². The summed E-state index contributed by atoms with van der Waals surface area (Å²) in [5.74, 6) is -0.805. The molecule has 0 radical (unpaired) electrons. The molecule has 0 aromatic carbocycles. The Morgan fingerprint density at radius 1 is 1.62 bits per heavy atom.